The molecule has 0 aromatic heterocycles. The second kappa shape index (κ2) is 7.29. The first kappa shape index (κ1) is 16.5. The fourth-order valence-electron chi connectivity index (χ4n) is 1.65. The van der Waals surface area contributed by atoms with Crippen molar-refractivity contribution in [1.29, 1.82) is 0 Å². The number of hydrogen-bond acceptors (Lipinski definition) is 7. The molecule has 1 rings (SSSR count). The van der Waals surface area contributed by atoms with E-state index in [1.807, 2.05) is 6.92 Å². The Hall–Kier alpha value is -2.55. The highest BCUT2D eigenvalue weighted by Crippen LogP contribution is 2.36. The van der Waals surface area contributed by atoms with Crippen molar-refractivity contribution >= 4 is 17.3 Å². The Labute approximate surface area is 120 Å². The van der Waals surface area contributed by atoms with Gasteiger partial charge >= 0.3 is 17.3 Å². The number of ether oxygens (including phenoxy) is 1. The molecule has 0 radical (unpaired) electrons. The van der Waals surface area contributed by atoms with E-state index in [0.29, 0.717) is 12.8 Å². The van der Waals surface area contributed by atoms with Crippen LogP contribution in [-0.4, -0.2) is 21.9 Å². The van der Waals surface area contributed by atoms with Crippen LogP contribution < -0.4 is 10.5 Å². The van der Waals surface area contributed by atoms with Crippen LogP contribution in [0.4, 0.5) is 11.4 Å². The van der Waals surface area contributed by atoms with E-state index in [4.69, 9.17) is 10.5 Å². The van der Waals surface area contributed by atoms with E-state index >= 15 is 0 Å². The monoisotopic (exact) mass is 297 g/mol. The molecule has 1 aromatic rings. The molecule has 0 amide bonds. The topological polar surface area (TPSA) is 139 Å². The third-order valence-electron chi connectivity index (χ3n) is 2.74. The molecule has 0 saturated heterocycles. The van der Waals surface area contributed by atoms with Gasteiger partial charge in [-0.2, -0.15) is 0 Å². The maximum absolute atomic E-state index is 11.7. The maximum atomic E-state index is 11.7. The maximum Gasteiger partial charge on any atom is 0.388 e. The number of rotatable bonds is 7. The molecule has 0 heterocycles. The van der Waals surface area contributed by atoms with Gasteiger partial charge < -0.3 is 10.5 Å². The lowest BCUT2D eigenvalue weighted by Gasteiger charge is -2.10. The van der Waals surface area contributed by atoms with Crippen LogP contribution in [-0.2, 0) is 4.79 Å². The zero-order chi connectivity index (χ0) is 16.0. The normalized spacial score (nSPS) is 11.7. The lowest BCUT2D eigenvalue weighted by molar-refractivity contribution is -0.423. The Kier molecular flexibility index (Phi) is 5.73. The van der Waals surface area contributed by atoms with Crippen molar-refractivity contribution < 1.29 is 19.4 Å². The van der Waals surface area contributed by atoms with E-state index in [0.717, 1.165) is 18.6 Å². The van der Waals surface area contributed by atoms with Crippen LogP contribution in [0, 0.1) is 20.2 Å². The molecular weight excluding hydrogens is 282 g/mol. The number of nitro groups is 2. The minimum absolute atomic E-state index is 0.373. The molecule has 0 bridgehead atoms. The summed E-state index contributed by atoms with van der Waals surface area (Å²) >= 11 is 0. The predicted octanol–water partition coefficient (Wildman–Crippen LogP) is 1.93. The van der Waals surface area contributed by atoms with Crippen LogP contribution in [0.5, 0.6) is 5.75 Å². The molecule has 0 aliphatic carbocycles. The summed E-state index contributed by atoms with van der Waals surface area (Å²) in [7, 11) is 0. The summed E-state index contributed by atoms with van der Waals surface area (Å²) in [6.45, 7) is 1.92. The largest absolute Gasteiger partial charge is 0.418 e. The first-order valence-electron chi connectivity index (χ1n) is 6.27. The summed E-state index contributed by atoms with van der Waals surface area (Å²) in [5, 5.41) is 21.7. The molecule has 2 N–H and O–H groups in total. The van der Waals surface area contributed by atoms with E-state index in [1.165, 1.54) is 6.07 Å². The summed E-state index contributed by atoms with van der Waals surface area (Å²) in [6, 6.07) is 2.36. The molecule has 1 unspecified atom stereocenters. The van der Waals surface area contributed by atoms with Crippen LogP contribution in [0.3, 0.4) is 0 Å². The number of carbonyl (C=O) groups excluding carboxylic acids is 1. The Morgan fingerprint density at radius 2 is 2.00 bits per heavy atom. The number of hydrogen-bond donors (Lipinski definition) is 1. The molecule has 0 fully saturated rings. The van der Waals surface area contributed by atoms with Gasteiger partial charge in [-0.05, 0) is 12.5 Å². The SMILES string of the molecule is CCCCC(N)C(=O)Oc1cccc([N+](=O)[O-])c1[N+](=O)[O-]. The van der Waals surface area contributed by atoms with E-state index in [9.17, 15) is 25.0 Å². The molecule has 1 atom stereocenters. The van der Waals surface area contributed by atoms with Crippen molar-refractivity contribution in [3.8, 4) is 5.75 Å². The first-order chi connectivity index (χ1) is 9.88. The van der Waals surface area contributed by atoms with Gasteiger partial charge in [0.2, 0.25) is 5.75 Å². The summed E-state index contributed by atoms with van der Waals surface area (Å²) in [5.41, 5.74) is 3.99. The number of nitrogens with two attached hydrogens (primary N) is 1. The number of para-hydroxylation sites is 1. The second-order valence-electron chi connectivity index (χ2n) is 4.31. The van der Waals surface area contributed by atoms with Crippen LogP contribution in [0.15, 0.2) is 18.2 Å². The van der Waals surface area contributed by atoms with E-state index in [1.54, 1.807) is 0 Å². The molecule has 9 nitrogen and oxygen atoms in total. The van der Waals surface area contributed by atoms with E-state index in [2.05, 4.69) is 0 Å². The second-order valence-corrected chi connectivity index (χ2v) is 4.31. The zero-order valence-corrected chi connectivity index (χ0v) is 11.4. The number of nitrogens with zero attached hydrogens (tertiary/aromatic N) is 2. The van der Waals surface area contributed by atoms with Gasteiger partial charge in [-0.25, -0.2) is 4.79 Å². The lowest BCUT2D eigenvalue weighted by Crippen LogP contribution is -2.34. The average molecular weight is 297 g/mol. The van der Waals surface area contributed by atoms with Gasteiger partial charge in [0.15, 0.2) is 0 Å². The highest BCUT2D eigenvalue weighted by atomic mass is 16.6. The quantitative estimate of drug-likeness (QED) is 0.351. The molecule has 0 spiro atoms. The molecule has 9 heteroatoms. The Morgan fingerprint density at radius 1 is 1.33 bits per heavy atom. The molecular formula is C12H15N3O6. The summed E-state index contributed by atoms with van der Waals surface area (Å²) in [6.07, 6.45) is 1.91. The Balaban J connectivity index is 3.03. The van der Waals surface area contributed by atoms with Crippen molar-refractivity contribution in [1.82, 2.24) is 0 Å². The highest BCUT2D eigenvalue weighted by molar-refractivity contribution is 5.80. The molecule has 0 aliphatic rings. The highest BCUT2D eigenvalue weighted by Gasteiger charge is 2.31. The summed E-state index contributed by atoms with van der Waals surface area (Å²) in [4.78, 5) is 31.6. The first-order valence-corrected chi connectivity index (χ1v) is 6.27. The minimum Gasteiger partial charge on any atom is -0.418 e. The fourth-order valence-corrected chi connectivity index (χ4v) is 1.65. The summed E-state index contributed by atoms with van der Waals surface area (Å²) < 4.78 is 4.85. The molecule has 1 aromatic carbocycles. The molecule has 114 valence electrons. The smallest absolute Gasteiger partial charge is 0.388 e. The fraction of sp³-hybridized carbons (Fsp3) is 0.417. The minimum atomic E-state index is -0.960. The van der Waals surface area contributed by atoms with E-state index < -0.39 is 39.0 Å². The van der Waals surface area contributed by atoms with Gasteiger partial charge in [0.25, 0.3) is 0 Å². The summed E-state index contributed by atoms with van der Waals surface area (Å²) in [5.74, 6) is -1.34. The van der Waals surface area contributed by atoms with Gasteiger partial charge in [-0.3, -0.25) is 20.2 Å². The standard InChI is InChI=1S/C12H15N3O6/c1-2-3-5-8(13)12(16)21-10-7-4-6-9(14(17)18)11(10)15(19)20/h4,6-8H,2-3,5,13H2,1H3. The van der Waals surface area contributed by atoms with Gasteiger partial charge in [0.05, 0.1) is 9.85 Å². The van der Waals surface area contributed by atoms with Gasteiger partial charge in [0.1, 0.15) is 6.04 Å². The molecule has 21 heavy (non-hydrogen) atoms. The van der Waals surface area contributed by atoms with Gasteiger partial charge in [-0.15, -0.1) is 0 Å². The van der Waals surface area contributed by atoms with Crippen molar-refractivity contribution in [3.63, 3.8) is 0 Å². The number of carbonyl (C=O) groups is 1. The number of unbranched alkanes of at least 4 members (excludes halogenated alkanes) is 1. The van der Waals surface area contributed by atoms with Crippen LogP contribution in [0.1, 0.15) is 26.2 Å². The van der Waals surface area contributed by atoms with Crippen LogP contribution in [0.2, 0.25) is 0 Å². The van der Waals surface area contributed by atoms with E-state index in [-0.39, 0.29) is 0 Å². The number of esters is 1. The van der Waals surface area contributed by atoms with Crippen molar-refractivity contribution in [2.75, 3.05) is 0 Å². The van der Waals surface area contributed by atoms with Crippen LogP contribution in [0.25, 0.3) is 0 Å². The third kappa shape index (κ3) is 4.21. The van der Waals surface area contributed by atoms with Crippen molar-refractivity contribution in [2.45, 2.75) is 32.2 Å². The predicted molar refractivity (Wildman–Crippen MR) is 72.9 cm³/mol. The number of nitro benzene ring substituents is 2. The molecule has 0 aliphatic heterocycles. The third-order valence-corrected chi connectivity index (χ3v) is 2.74. The Morgan fingerprint density at radius 3 is 2.52 bits per heavy atom. The van der Waals surface area contributed by atoms with Crippen molar-refractivity contribution in [3.05, 3.63) is 38.4 Å². The lowest BCUT2D eigenvalue weighted by atomic mass is 10.1. The zero-order valence-electron chi connectivity index (χ0n) is 11.4. The average Bonchev–Trinajstić information content (AvgIpc) is 2.43. The van der Waals surface area contributed by atoms with Gasteiger partial charge in [-0.1, -0.05) is 25.8 Å². The van der Waals surface area contributed by atoms with Crippen molar-refractivity contribution in [2.24, 2.45) is 5.73 Å². The molecule has 0 saturated carbocycles. The van der Waals surface area contributed by atoms with Crippen LogP contribution >= 0.6 is 0 Å². The Bertz CT molecular complexity index is 560. The van der Waals surface area contributed by atoms with Gasteiger partial charge in [0, 0.05) is 6.07 Å². The number of benzene rings is 1.